The van der Waals surface area contributed by atoms with Gasteiger partial charge in [-0.3, -0.25) is 0 Å². The second-order valence-electron chi connectivity index (χ2n) is 9.95. The highest BCUT2D eigenvalue weighted by molar-refractivity contribution is 6.30. The van der Waals surface area contributed by atoms with Crippen molar-refractivity contribution in [1.82, 2.24) is 14.8 Å². The van der Waals surface area contributed by atoms with Crippen LogP contribution in [-0.4, -0.2) is 53.5 Å². The molecule has 1 atom stereocenters. The summed E-state index contributed by atoms with van der Waals surface area (Å²) in [5, 5.41) is 5.08. The highest BCUT2D eigenvalue weighted by Gasteiger charge is 2.30. The number of hydrogen-bond donors (Lipinski definition) is 1. The predicted molar refractivity (Wildman–Crippen MR) is 136 cm³/mol. The van der Waals surface area contributed by atoms with E-state index >= 15 is 0 Å². The highest BCUT2D eigenvalue weighted by atomic mass is 35.5. The second-order valence-corrected chi connectivity index (χ2v) is 10.4. The van der Waals surface area contributed by atoms with Crippen molar-refractivity contribution in [2.45, 2.75) is 52.0 Å². The van der Waals surface area contributed by atoms with E-state index < -0.39 is 5.60 Å². The molecule has 35 heavy (non-hydrogen) atoms. The van der Waals surface area contributed by atoms with Crippen LogP contribution in [0.1, 0.15) is 38.3 Å². The molecule has 0 radical (unpaired) electrons. The van der Waals surface area contributed by atoms with Crippen molar-refractivity contribution in [3.8, 4) is 0 Å². The Bertz CT molecular complexity index is 1160. The summed E-state index contributed by atoms with van der Waals surface area (Å²) in [4.78, 5) is 13.9. The maximum Gasteiger partial charge on any atom is 0.410 e. The summed E-state index contributed by atoms with van der Waals surface area (Å²) in [7, 11) is 0. The number of nitrogens with zero attached hydrogens (tertiary/aromatic N) is 2. The van der Waals surface area contributed by atoms with Gasteiger partial charge in [-0.05, 0) is 68.7 Å². The molecule has 2 heterocycles. The molecule has 0 aliphatic carbocycles. The summed E-state index contributed by atoms with van der Waals surface area (Å²) in [6.07, 6.45) is 2.50. The van der Waals surface area contributed by atoms with Gasteiger partial charge < -0.3 is 24.3 Å². The second kappa shape index (κ2) is 11.0. The normalized spacial score (nSPS) is 16.3. The van der Waals surface area contributed by atoms with E-state index in [1.54, 1.807) is 17.0 Å². The fourth-order valence-electron chi connectivity index (χ4n) is 4.28. The minimum absolute atomic E-state index is 0.00657. The molecule has 1 saturated heterocycles. The van der Waals surface area contributed by atoms with E-state index in [0.29, 0.717) is 44.4 Å². The first-order chi connectivity index (χ1) is 16.7. The van der Waals surface area contributed by atoms with E-state index in [1.165, 1.54) is 0 Å². The average molecular weight is 502 g/mol. The monoisotopic (exact) mass is 501 g/mol. The molecule has 188 valence electrons. The third-order valence-corrected chi connectivity index (χ3v) is 6.20. The molecule has 4 rings (SSSR count). The average Bonchev–Trinajstić information content (AvgIpc) is 3.41. The zero-order chi connectivity index (χ0) is 25.0. The van der Waals surface area contributed by atoms with Crippen LogP contribution in [0.3, 0.4) is 0 Å². The van der Waals surface area contributed by atoms with Crippen molar-refractivity contribution in [3.05, 3.63) is 70.6 Å². The minimum Gasteiger partial charge on any atom is -0.444 e. The number of halogens is 2. The van der Waals surface area contributed by atoms with Gasteiger partial charge in [-0.1, -0.05) is 23.7 Å². The van der Waals surface area contributed by atoms with Crippen LogP contribution in [-0.2, 0) is 22.6 Å². The Balaban J connectivity index is 1.26. The van der Waals surface area contributed by atoms with Crippen LogP contribution in [0.5, 0.6) is 0 Å². The summed E-state index contributed by atoms with van der Waals surface area (Å²) in [6.45, 7) is 9.10. The zero-order valence-electron chi connectivity index (χ0n) is 20.5. The van der Waals surface area contributed by atoms with Gasteiger partial charge in [0.05, 0.1) is 24.8 Å². The molecule has 1 aromatic heterocycles. The van der Waals surface area contributed by atoms with Crippen molar-refractivity contribution >= 4 is 28.6 Å². The van der Waals surface area contributed by atoms with E-state index in [2.05, 4.69) is 5.32 Å². The summed E-state index contributed by atoms with van der Waals surface area (Å²) >= 11 is 5.98. The summed E-state index contributed by atoms with van der Waals surface area (Å²) in [5.74, 6) is -0.255. The van der Waals surface area contributed by atoms with Gasteiger partial charge in [-0.2, -0.15) is 0 Å². The number of nitrogens with one attached hydrogen (secondary N) is 1. The van der Waals surface area contributed by atoms with E-state index in [0.717, 1.165) is 28.5 Å². The molecule has 1 unspecified atom stereocenters. The number of fused-ring (bicyclic) bond motifs is 1. The lowest BCUT2D eigenvalue weighted by molar-refractivity contribution is 0.0213. The molecule has 0 bridgehead atoms. The van der Waals surface area contributed by atoms with Gasteiger partial charge in [0.1, 0.15) is 11.4 Å². The molecule has 1 aliphatic heterocycles. The van der Waals surface area contributed by atoms with Gasteiger partial charge in [0.25, 0.3) is 0 Å². The van der Waals surface area contributed by atoms with Crippen molar-refractivity contribution in [2.24, 2.45) is 0 Å². The minimum atomic E-state index is -0.501. The zero-order valence-corrected chi connectivity index (χ0v) is 21.3. The first kappa shape index (κ1) is 25.5. The molecule has 6 nitrogen and oxygen atoms in total. The Morgan fingerprint density at radius 2 is 1.97 bits per heavy atom. The molecule has 0 saturated carbocycles. The third kappa shape index (κ3) is 6.97. The Morgan fingerprint density at radius 3 is 2.71 bits per heavy atom. The van der Waals surface area contributed by atoms with Gasteiger partial charge >= 0.3 is 6.09 Å². The smallest absolute Gasteiger partial charge is 0.410 e. The largest absolute Gasteiger partial charge is 0.444 e. The van der Waals surface area contributed by atoms with E-state index in [9.17, 15) is 9.18 Å². The van der Waals surface area contributed by atoms with Crippen molar-refractivity contribution in [2.75, 3.05) is 26.2 Å². The first-order valence-electron chi connectivity index (χ1n) is 12.0. The molecule has 2 aromatic carbocycles. The van der Waals surface area contributed by atoms with Gasteiger partial charge in [0.15, 0.2) is 0 Å². The fourth-order valence-corrected chi connectivity index (χ4v) is 4.41. The van der Waals surface area contributed by atoms with E-state index in [4.69, 9.17) is 21.1 Å². The topological polar surface area (TPSA) is 55.7 Å². The molecular formula is C27H33ClFN3O3. The standard InChI is InChI=1S/C27H33ClFN3O3/c1-27(2,3)35-26(33)32-11-8-23(18-32)34-13-10-30-16-20-14-22(29)15-25-24(20)9-12-31(25)17-19-4-6-21(28)7-5-19/h4-7,9,12,14-15,23,30H,8,10-11,13,16-18H2,1-3H3. The van der Waals surface area contributed by atoms with Crippen molar-refractivity contribution in [3.63, 3.8) is 0 Å². The van der Waals surface area contributed by atoms with Crippen LogP contribution >= 0.6 is 11.6 Å². The lowest BCUT2D eigenvalue weighted by Crippen LogP contribution is -2.36. The number of rotatable bonds is 8. The van der Waals surface area contributed by atoms with Gasteiger partial charge in [-0.25, -0.2) is 9.18 Å². The molecule has 1 amide bonds. The molecule has 1 N–H and O–H groups in total. The van der Waals surface area contributed by atoms with Crippen LogP contribution in [0.4, 0.5) is 9.18 Å². The van der Waals surface area contributed by atoms with Crippen molar-refractivity contribution in [1.29, 1.82) is 0 Å². The van der Waals surface area contributed by atoms with E-state index in [-0.39, 0.29) is 18.0 Å². The molecule has 3 aromatic rings. The molecular weight excluding hydrogens is 469 g/mol. The Morgan fingerprint density at radius 1 is 1.20 bits per heavy atom. The number of aromatic nitrogens is 1. The molecule has 1 aliphatic rings. The number of likely N-dealkylation sites (tertiary alicyclic amines) is 1. The third-order valence-electron chi connectivity index (χ3n) is 5.95. The molecule has 0 spiro atoms. The van der Waals surface area contributed by atoms with Crippen molar-refractivity contribution < 1.29 is 18.7 Å². The number of hydrogen-bond acceptors (Lipinski definition) is 4. The fraction of sp³-hybridized carbons (Fsp3) is 0.444. The van der Waals surface area contributed by atoms with Crippen LogP contribution in [0.25, 0.3) is 10.9 Å². The van der Waals surface area contributed by atoms with Gasteiger partial charge in [-0.15, -0.1) is 0 Å². The number of amides is 1. The Hall–Kier alpha value is -2.61. The molecule has 1 fully saturated rings. The Labute approximate surface area is 210 Å². The van der Waals surface area contributed by atoms with Crippen LogP contribution in [0.2, 0.25) is 5.02 Å². The lowest BCUT2D eigenvalue weighted by Gasteiger charge is -2.24. The summed E-state index contributed by atoms with van der Waals surface area (Å²) in [5.41, 5.74) is 2.37. The van der Waals surface area contributed by atoms with Crippen LogP contribution in [0, 0.1) is 5.82 Å². The highest BCUT2D eigenvalue weighted by Crippen LogP contribution is 2.24. The summed E-state index contributed by atoms with van der Waals surface area (Å²) < 4.78 is 27.8. The maximum absolute atomic E-state index is 14.4. The number of carbonyl (C=O) groups excluding carboxylic acids is 1. The number of carbonyl (C=O) groups is 1. The quantitative estimate of drug-likeness (QED) is 0.408. The number of ether oxygens (including phenoxy) is 2. The Kier molecular flexibility index (Phi) is 7.99. The summed E-state index contributed by atoms with van der Waals surface area (Å²) in [6, 6.07) is 12.9. The molecule has 8 heteroatoms. The predicted octanol–water partition coefficient (Wildman–Crippen LogP) is 5.60. The lowest BCUT2D eigenvalue weighted by atomic mass is 10.1. The van der Waals surface area contributed by atoms with E-state index in [1.807, 2.05) is 61.9 Å². The number of benzene rings is 2. The van der Waals surface area contributed by atoms with Gasteiger partial charge in [0, 0.05) is 42.8 Å². The SMILES string of the molecule is CC(C)(C)OC(=O)N1CCC(OCCNCc2cc(F)cc3c2ccn3Cc2ccc(Cl)cc2)C1. The first-order valence-corrected chi connectivity index (χ1v) is 12.4. The van der Waals surface area contributed by atoms with Crippen LogP contribution in [0.15, 0.2) is 48.7 Å². The van der Waals surface area contributed by atoms with Gasteiger partial charge in [0.2, 0.25) is 0 Å². The maximum atomic E-state index is 14.4. The van der Waals surface area contributed by atoms with Crippen LogP contribution < -0.4 is 5.32 Å².